The van der Waals surface area contributed by atoms with E-state index in [1.807, 2.05) is 60.7 Å². The lowest BCUT2D eigenvalue weighted by Crippen LogP contribution is -1.93. The monoisotopic (exact) mass is 368 g/mol. The van der Waals surface area contributed by atoms with E-state index in [9.17, 15) is 0 Å². The van der Waals surface area contributed by atoms with Gasteiger partial charge in [0.2, 0.25) is 0 Å². The zero-order valence-corrected chi connectivity index (χ0v) is 15.2. The van der Waals surface area contributed by atoms with Crippen LogP contribution >= 0.6 is 23.2 Å². The molecule has 0 aromatic heterocycles. The molecule has 0 aliphatic rings. The Morgan fingerprint density at radius 3 is 2.24 bits per heavy atom. The molecule has 3 heteroatoms. The van der Waals surface area contributed by atoms with Crippen LogP contribution in [0.5, 0.6) is 11.5 Å². The molecule has 0 aliphatic carbocycles. The molecule has 0 unspecified atom stereocenters. The molecule has 0 fully saturated rings. The second-order valence-corrected chi connectivity index (χ2v) is 6.13. The fraction of sp³-hybridized carbons (Fsp3) is 0.0909. The summed E-state index contributed by atoms with van der Waals surface area (Å²) in [6.07, 6.45) is 4.12. The zero-order valence-electron chi connectivity index (χ0n) is 13.7. The Hall–Kier alpha value is -2.22. The van der Waals surface area contributed by atoms with E-state index < -0.39 is 0 Å². The highest BCUT2D eigenvalue weighted by Gasteiger charge is 2.08. The summed E-state index contributed by atoms with van der Waals surface area (Å²) < 4.78 is 6.17. The summed E-state index contributed by atoms with van der Waals surface area (Å²) in [5.74, 6) is 2.36. The third kappa shape index (κ3) is 4.66. The van der Waals surface area contributed by atoms with Gasteiger partial charge in [0.05, 0.1) is 5.88 Å². The Kier molecular flexibility index (Phi) is 6.16. The number of alkyl halides is 2. The fourth-order valence-corrected chi connectivity index (χ4v) is 2.85. The van der Waals surface area contributed by atoms with Gasteiger partial charge in [-0.05, 0) is 23.3 Å². The van der Waals surface area contributed by atoms with Crippen molar-refractivity contribution in [3.63, 3.8) is 0 Å². The highest BCUT2D eigenvalue weighted by molar-refractivity contribution is 6.17. The van der Waals surface area contributed by atoms with Crippen molar-refractivity contribution >= 4 is 35.4 Å². The van der Waals surface area contributed by atoms with Crippen LogP contribution in [-0.4, -0.2) is 0 Å². The second kappa shape index (κ2) is 8.75. The molecule has 0 amide bonds. The van der Waals surface area contributed by atoms with Gasteiger partial charge < -0.3 is 4.74 Å². The van der Waals surface area contributed by atoms with Gasteiger partial charge in [-0.1, -0.05) is 72.8 Å². The molecule has 3 aromatic rings. The Bertz CT molecular complexity index is 857. The van der Waals surface area contributed by atoms with E-state index in [1.165, 1.54) is 0 Å². The van der Waals surface area contributed by atoms with E-state index in [2.05, 4.69) is 24.3 Å². The summed E-state index contributed by atoms with van der Waals surface area (Å²) in [7, 11) is 0. The van der Waals surface area contributed by atoms with Crippen molar-refractivity contribution in [3.05, 3.63) is 95.1 Å². The van der Waals surface area contributed by atoms with Crippen LogP contribution < -0.4 is 4.74 Å². The standard InChI is InChI=1S/C22H18Cl2O/c23-15-18-11-13-20(16-24)22(14-18)25-21-9-5-4-8-19(21)12-10-17-6-2-1-3-7-17/h1-14H,15-16H2. The van der Waals surface area contributed by atoms with Gasteiger partial charge >= 0.3 is 0 Å². The minimum absolute atomic E-state index is 0.389. The molecule has 0 heterocycles. The molecule has 0 saturated carbocycles. The Balaban J connectivity index is 1.90. The maximum atomic E-state index is 6.17. The van der Waals surface area contributed by atoms with E-state index in [4.69, 9.17) is 27.9 Å². The van der Waals surface area contributed by atoms with Gasteiger partial charge in [0.15, 0.2) is 0 Å². The number of para-hydroxylation sites is 1. The van der Waals surface area contributed by atoms with Crippen LogP contribution in [0.15, 0.2) is 72.8 Å². The first-order valence-electron chi connectivity index (χ1n) is 8.04. The third-order valence-electron chi connectivity index (χ3n) is 3.82. The molecule has 0 radical (unpaired) electrons. The Morgan fingerprint density at radius 2 is 1.48 bits per heavy atom. The van der Waals surface area contributed by atoms with Crippen LogP contribution in [0, 0.1) is 0 Å². The van der Waals surface area contributed by atoms with Gasteiger partial charge in [0, 0.05) is 17.0 Å². The quantitative estimate of drug-likeness (QED) is 0.332. The fourth-order valence-electron chi connectivity index (χ4n) is 2.47. The minimum atomic E-state index is 0.389. The summed E-state index contributed by atoms with van der Waals surface area (Å²) in [4.78, 5) is 0. The number of hydrogen-bond acceptors (Lipinski definition) is 1. The molecule has 0 spiro atoms. The summed E-state index contributed by atoms with van der Waals surface area (Å²) in [5.41, 5.74) is 4.09. The van der Waals surface area contributed by atoms with E-state index in [-0.39, 0.29) is 0 Å². The lowest BCUT2D eigenvalue weighted by Gasteiger charge is -2.13. The van der Waals surface area contributed by atoms with Gasteiger partial charge in [0.1, 0.15) is 11.5 Å². The largest absolute Gasteiger partial charge is 0.456 e. The molecule has 0 atom stereocenters. The third-order valence-corrected chi connectivity index (χ3v) is 4.42. The number of halogens is 2. The number of benzene rings is 3. The second-order valence-electron chi connectivity index (χ2n) is 5.59. The predicted molar refractivity (Wildman–Crippen MR) is 107 cm³/mol. The maximum Gasteiger partial charge on any atom is 0.134 e. The van der Waals surface area contributed by atoms with Crippen molar-refractivity contribution in [3.8, 4) is 11.5 Å². The van der Waals surface area contributed by atoms with Gasteiger partial charge in [0.25, 0.3) is 0 Å². The van der Waals surface area contributed by atoms with Crippen LogP contribution in [0.1, 0.15) is 22.3 Å². The Labute approximate surface area is 158 Å². The maximum absolute atomic E-state index is 6.17. The number of ether oxygens (including phenoxy) is 1. The van der Waals surface area contributed by atoms with Crippen LogP contribution in [0.25, 0.3) is 12.2 Å². The SMILES string of the molecule is ClCc1ccc(CCl)c(Oc2ccccc2C=Cc2ccccc2)c1. The van der Waals surface area contributed by atoms with Crippen LogP contribution in [-0.2, 0) is 11.8 Å². The molecule has 0 N–H and O–H groups in total. The zero-order chi connectivity index (χ0) is 17.5. The lowest BCUT2D eigenvalue weighted by molar-refractivity contribution is 0.477. The first kappa shape index (κ1) is 17.6. The molecular weight excluding hydrogens is 351 g/mol. The predicted octanol–water partition coefficient (Wildman–Crippen LogP) is 7.13. The molecule has 3 rings (SSSR count). The van der Waals surface area contributed by atoms with Crippen LogP contribution in [0.3, 0.4) is 0 Å². The topological polar surface area (TPSA) is 9.23 Å². The smallest absolute Gasteiger partial charge is 0.134 e. The molecular formula is C22H18Cl2O. The number of hydrogen-bond donors (Lipinski definition) is 0. The molecule has 0 bridgehead atoms. The minimum Gasteiger partial charge on any atom is -0.456 e. The van der Waals surface area contributed by atoms with Crippen molar-refractivity contribution in [2.24, 2.45) is 0 Å². The average molecular weight is 369 g/mol. The molecule has 0 aliphatic heterocycles. The van der Waals surface area contributed by atoms with E-state index in [0.717, 1.165) is 33.8 Å². The lowest BCUT2D eigenvalue weighted by atomic mass is 10.1. The summed E-state index contributed by atoms with van der Waals surface area (Å²) in [5, 5.41) is 0. The van der Waals surface area contributed by atoms with Crippen molar-refractivity contribution in [2.75, 3.05) is 0 Å². The average Bonchev–Trinajstić information content (AvgIpc) is 2.68. The van der Waals surface area contributed by atoms with E-state index in [0.29, 0.717) is 11.8 Å². The molecule has 0 saturated heterocycles. The van der Waals surface area contributed by atoms with Gasteiger partial charge in [-0.3, -0.25) is 0 Å². The van der Waals surface area contributed by atoms with Crippen LogP contribution in [0.4, 0.5) is 0 Å². The van der Waals surface area contributed by atoms with Crippen LogP contribution in [0.2, 0.25) is 0 Å². The van der Waals surface area contributed by atoms with Crippen molar-refractivity contribution in [1.29, 1.82) is 0 Å². The first-order chi connectivity index (χ1) is 12.3. The van der Waals surface area contributed by atoms with Crippen molar-refractivity contribution < 1.29 is 4.74 Å². The molecule has 126 valence electrons. The highest BCUT2D eigenvalue weighted by atomic mass is 35.5. The Morgan fingerprint density at radius 1 is 0.720 bits per heavy atom. The van der Waals surface area contributed by atoms with Crippen molar-refractivity contribution in [1.82, 2.24) is 0 Å². The summed E-state index contributed by atoms with van der Waals surface area (Å²) >= 11 is 12.0. The first-order valence-corrected chi connectivity index (χ1v) is 9.11. The summed E-state index contributed by atoms with van der Waals surface area (Å²) in [6.45, 7) is 0. The van der Waals surface area contributed by atoms with Gasteiger partial charge in [-0.25, -0.2) is 0 Å². The molecule has 25 heavy (non-hydrogen) atoms. The molecule has 3 aromatic carbocycles. The van der Waals surface area contributed by atoms with Gasteiger partial charge in [-0.2, -0.15) is 0 Å². The molecule has 1 nitrogen and oxygen atoms in total. The normalized spacial score (nSPS) is 11.0. The van der Waals surface area contributed by atoms with Crippen molar-refractivity contribution in [2.45, 2.75) is 11.8 Å². The summed E-state index contributed by atoms with van der Waals surface area (Å²) in [6, 6.07) is 24.0. The number of rotatable bonds is 6. The highest BCUT2D eigenvalue weighted by Crippen LogP contribution is 2.31. The van der Waals surface area contributed by atoms with E-state index in [1.54, 1.807) is 0 Å². The van der Waals surface area contributed by atoms with Gasteiger partial charge in [-0.15, -0.1) is 23.2 Å². The van der Waals surface area contributed by atoms with E-state index >= 15 is 0 Å².